The molecular formula is C25H30BrCl2N3O4S. The highest BCUT2D eigenvalue weighted by Crippen LogP contribution is 2.29. The summed E-state index contributed by atoms with van der Waals surface area (Å²) in [4.78, 5) is 28.5. The summed E-state index contributed by atoms with van der Waals surface area (Å²) in [6.45, 7) is 1.38. The molecule has 1 atom stereocenters. The quantitative estimate of drug-likeness (QED) is 0.387. The Balaban J connectivity index is 1.96. The average Bonchev–Trinajstić information content (AvgIpc) is 3.31. The lowest BCUT2D eigenvalue weighted by molar-refractivity contribution is -0.140. The smallest absolute Gasteiger partial charge is 0.244 e. The number of nitrogens with zero attached hydrogens (tertiary/aromatic N) is 2. The summed E-state index contributed by atoms with van der Waals surface area (Å²) in [6.07, 6.45) is 5.32. The zero-order valence-corrected chi connectivity index (χ0v) is 24.1. The molecule has 0 bridgehead atoms. The topological polar surface area (TPSA) is 86.8 Å². The fourth-order valence-electron chi connectivity index (χ4n) is 4.37. The van der Waals surface area contributed by atoms with Crippen LogP contribution in [0.15, 0.2) is 46.9 Å². The number of carbonyl (C=O) groups is 2. The number of hydrogen-bond donors (Lipinski definition) is 1. The molecule has 0 spiro atoms. The first-order chi connectivity index (χ1) is 17.0. The Labute approximate surface area is 231 Å². The van der Waals surface area contributed by atoms with Crippen molar-refractivity contribution in [1.82, 2.24) is 10.2 Å². The van der Waals surface area contributed by atoms with E-state index in [-0.39, 0.29) is 18.5 Å². The number of para-hydroxylation sites is 1. The molecule has 0 saturated heterocycles. The van der Waals surface area contributed by atoms with Crippen LogP contribution in [0.3, 0.4) is 0 Å². The molecule has 0 aromatic heterocycles. The summed E-state index contributed by atoms with van der Waals surface area (Å²) in [5, 5.41) is 3.88. The molecule has 36 heavy (non-hydrogen) atoms. The van der Waals surface area contributed by atoms with E-state index in [4.69, 9.17) is 23.2 Å². The van der Waals surface area contributed by atoms with Gasteiger partial charge < -0.3 is 10.2 Å². The van der Waals surface area contributed by atoms with Gasteiger partial charge in [0.15, 0.2) is 0 Å². The molecule has 0 heterocycles. The molecule has 0 unspecified atom stereocenters. The van der Waals surface area contributed by atoms with Gasteiger partial charge in [-0.1, -0.05) is 61.2 Å². The number of nitrogens with one attached hydrogen (secondary N) is 1. The maximum atomic E-state index is 13.8. The fourth-order valence-corrected chi connectivity index (χ4v) is 6.32. The van der Waals surface area contributed by atoms with Gasteiger partial charge in [0.2, 0.25) is 21.8 Å². The van der Waals surface area contributed by atoms with Crippen molar-refractivity contribution >= 4 is 66.7 Å². The van der Waals surface area contributed by atoms with Crippen LogP contribution in [0.2, 0.25) is 10.0 Å². The van der Waals surface area contributed by atoms with Gasteiger partial charge in [0.25, 0.3) is 0 Å². The first kappa shape index (κ1) is 28.8. The summed E-state index contributed by atoms with van der Waals surface area (Å²) < 4.78 is 27.0. The van der Waals surface area contributed by atoms with E-state index >= 15 is 0 Å². The molecule has 0 radical (unpaired) electrons. The number of hydrogen-bond acceptors (Lipinski definition) is 4. The van der Waals surface area contributed by atoms with Gasteiger partial charge in [0, 0.05) is 27.1 Å². The molecule has 2 aromatic rings. The van der Waals surface area contributed by atoms with Crippen LogP contribution in [0, 0.1) is 0 Å². The van der Waals surface area contributed by atoms with Crippen molar-refractivity contribution in [3.05, 3.63) is 62.5 Å². The van der Waals surface area contributed by atoms with Gasteiger partial charge >= 0.3 is 0 Å². The second kappa shape index (κ2) is 12.6. The van der Waals surface area contributed by atoms with E-state index in [9.17, 15) is 18.0 Å². The number of carbonyl (C=O) groups excluding carboxylic acids is 2. The van der Waals surface area contributed by atoms with Gasteiger partial charge in [-0.25, -0.2) is 8.42 Å². The van der Waals surface area contributed by atoms with Crippen molar-refractivity contribution in [2.24, 2.45) is 0 Å². The molecule has 1 aliphatic rings. The third-order valence-electron chi connectivity index (χ3n) is 6.24. The van der Waals surface area contributed by atoms with Crippen LogP contribution >= 0.6 is 39.1 Å². The van der Waals surface area contributed by atoms with Crippen molar-refractivity contribution in [2.75, 3.05) is 17.1 Å². The minimum absolute atomic E-state index is 0.0268. The largest absolute Gasteiger partial charge is 0.352 e. The van der Waals surface area contributed by atoms with Crippen LogP contribution in [0.5, 0.6) is 0 Å². The number of rotatable bonds is 10. The minimum Gasteiger partial charge on any atom is -0.352 e. The number of benzene rings is 2. The normalized spacial score (nSPS) is 14.9. The zero-order chi connectivity index (χ0) is 26.5. The summed E-state index contributed by atoms with van der Waals surface area (Å²) >= 11 is 15.8. The Morgan fingerprint density at radius 2 is 1.81 bits per heavy atom. The fraction of sp³-hybridized carbons (Fsp3) is 0.440. The van der Waals surface area contributed by atoms with E-state index in [0.717, 1.165) is 36.2 Å². The molecule has 3 rings (SSSR count). The molecule has 196 valence electrons. The van der Waals surface area contributed by atoms with Gasteiger partial charge in [-0.2, -0.15) is 0 Å². The second-order valence-electron chi connectivity index (χ2n) is 8.89. The molecule has 1 fully saturated rings. The molecule has 1 saturated carbocycles. The average molecular weight is 619 g/mol. The molecule has 1 N–H and O–H groups in total. The highest BCUT2D eigenvalue weighted by molar-refractivity contribution is 9.10. The first-order valence-electron chi connectivity index (χ1n) is 11.8. The lowest BCUT2D eigenvalue weighted by Gasteiger charge is -2.33. The summed E-state index contributed by atoms with van der Waals surface area (Å²) in [5.74, 6) is -0.773. The van der Waals surface area contributed by atoms with E-state index in [1.54, 1.807) is 42.5 Å². The van der Waals surface area contributed by atoms with Crippen LogP contribution in [0.1, 0.15) is 44.6 Å². The third-order valence-corrected chi connectivity index (χ3v) is 8.63. The minimum atomic E-state index is -3.82. The Morgan fingerprint density at radius 1 is 1.14 bits per heavy atom. The van der Waals surface area contributed by atoms with Crippen LogP contribution in [0.25, 0.3) is 0 Å². The van der Waals surface area contributed by atoms with E-state index in [1.165, 1.54) is 4.90 Å². The summed E-state index contributed by atoms with van der Waals surface area (Å²) in [7, 11) is -3.82. The van der Waals surface area contributed by atoms with Gasteiger partial charge in [-0.3, -0.25) is 13.9 Å². The number of amides is 2. The molecule has 2 amide bonds. The predicted molar refractivity (Wildman–Crippen MR) is 148 cm³/mol. The standard InChI is InChI=1S/C25H30BrCl2N3O4S/c1-3-22(25(33)29-19-8-4-5-9-19)30(15-17-12-13-18(27)14-21(17)28)24(32)16-31(36(2,34)35)23-11-7-6-10-20(23)26/h6-7,10-14,19,22H,3-5,8-9,15-16H2,1-2H3,(H,29,33)/t22-/m0/s1. The second-order valence-corrected chi connectivity index (χ2v) is 12.5. The SMILES string of the molecule is CC[C@@H](C(=O)NC1CCCC1)N(Cc1ccc(Cl)cc1Cl)C(=O)CN(c1ccccc1Br)S(C)(=O)=O. The van der Waals surface area contributed by atoms with Gasteiger partial charge in [0.05, 0.1) is 11.9 Å². The highest BCUT2D eigenvalue weighted by atomic mass is 79.9. The highest BCUT2D eigenvalue weighted by Gasteiger charge is 2.33. The number of anilines is 1. The maximum Gasteiger partial charge on any atom is 0.244 e. The van der Waals surface area contributed by atoms with E-state index in [0.29, 0.717) is 32.2 Å². The van der Waals surface area contributed by atoms with Gasteiger partial charge in [0.1, 0.15) is 12.6 Å². The molecule has 2 aromatic carbocycles. The van der Waals surface area contributed by atoms with Crippen molar-refractivity contribution in [3.63, 3.8) is 0 Å². The molecule has 1 aliphatic carbocycles. The number of sulfonamides is 1. The van der Waals surface area contributed by atoms with Crippen molar-refractivity contribution in [3.8, 4) is 0 Å². The van der Waals surface area contributed by atoms with Crippen molar-refractivity contribution in [1.29, 1.82) is 0 Å². The Morgan fingerprint density at radius 3 is 2.39 bits per heavy atom. The number of halogens is 3. The monoisotopic (exact) mass is 617 g/mol. The Hall–Kier alpha value is -1.81. The van der Waals surface area contributed by atoms with Crippen LogP contribution in [-0.2, 0) is 26.2 Å². The van der Waals surface area contributed by atoms with Gasteiger partial charge in [-0.15, -0.1) is 0 Å². The molecule has 0 aliphatic heterocycles. The maximum absolute atomic E-state index is 13.8. The third kappa shape index (κ3) is 7.37. The lowest BCUT2D eigenvalue weighted by atomic mass is 10.1. The van der Waals surface area contributed by atoms with Crippen LogP contribution < -0.4 is 9.62 Å². The summed E-state index contributed by atoms with van der Waals surface area (Å²) in [5.41, 5.74) is 0.939. The molecule has 11 heteroatoms. The Bertz CT molecular complexity index is 1210. The molecule has 7 nitrogen and oxygen atoms in total. The predicted octanol–water partition coefficient (Wildman–Crippen LogP) is 5.39. The van der Waals surface area contributed by atoms with E-state index < -0.39 is 28.5 Å². The Kier molecular flexibility index (Phi) is 10.1. The van der Waals surface area contributed by atoms with Crippen molar-refractivity contribution < 1.29 is 18.0 Å². The summed E-state index contributed by atoms with van der Waals surface area (Å²) in [6, 6.07) is 11.0. The van der Waals surface area contributed by atoms with E-state index in [2.05, 4.69) is 21.2 Å². The van der Waals surface area contributed by atoms with Gasteiger partial charge in [-0.05, 0) is 65.0 Å². The van der Waals surface area contributed by atoms with Crippen molar-refractivity contribution in [2.45, 2.75) is 57.7 Å². The zero-order valence-electron chi connectivity index (χ0n) is 20.2. The van der Waals surface area contributed by atoms with Crippen LogP contribution in [0.4, 0.5) is 5.69 Å². The van der Waals surface area contributed by atoms with E-state index in [1.807, 2.05) is 6.92 Å². The molecular weight excluding hydrogens is 589 g/mol. The first-order valence-corrected chi connectivity index (χ1v) is 15.2. The van der Waals surface area contributed by atoms with Crippen LogP contribution in [-0.4, -0.2) is 50.0 Å². The lowest BCUT2D eigenvalue weighted by Crippen LogP contribution is -2.53.